The number of anilines is 1. The second kappa shape index (κ2) is 12.0. The van der Waals surface area contributed by atoms with E-state index in [2.05, 4.69) is 21.1 Å². The van der Waals surface area contributed by atoms with E-state index in [0.29, 0.717) is 12.2 Å². The van der Waals surface area contributed by atoms with Gasteiger partial charge in [0.25, 0.3) is 12.6 Å². The Balaban J connectivity index is 0.00000167. The van der Waals surface area contributed by atoms with Gasteiger partial charge in [0.15, 0.2) is 6.29 Å². The van der Waals surface area contributed by atoms with E-state index in [0.717, 1.165) is 51.1 Å². The molecule has 0 aromatic heterocycles. The maximum Gasteiger partial charge on any atom is 0.270 e. The van der Waals surface area contributed by atoms with Gasteiger partial charge in [-0.3, -0.25) is 24.5 Å². The molecule has 4 rings (SSSR count). The molecule has 3 amide bonds. The zero-order chi connectivity index (χ0) is 25.5. The quantitative estimate of drug-likeness (QED) is 0.375. The number of nitriles is 1. The Morgan fingerprint density at radius 2 is 1.94 bits per heavy atom. The van der Waals surface area contributed by atoms with Crippen LogP contribution in [0.3, 0.4) is 0 Å². The summed E-state index contributed by atoms with van der Waals surface area (Å²) in [6.07, 6.45) is 2.97. The molecule has 0 spiro atoms. The molecule has 3 heterocycles. The van der Waals surface area contributed by atoms with Gasteiger partial charge in [-0.1, -0.05) is 13.8 Å². The van der Waals surface area contributed by atoms with Crippen molar-refractivity contribution in [2.45, 2.75) is 45.4 Å². The molecule has 35 heavy (non-hydrogen) atoms. The monoisotopic (exact) mass is 479 g/mol. The Labute approximate surface area is 207 Å². The lowest BCUT2D eigenvalue weighted by atomic mass is 9.45. The fraction of sp³-hybridized carbons (Fsp3) is 0.560. The van der Waals surface area contributed by atoms with Crippen LogP contribution >= 0.6 is 0 Å². The van der Waals surface area contributed by atoms with Gasteiger partial charge < -0.3 is 14.7 Å². The van der Waals surface area contributed by atoms with Gasteiger partial charge >= 0.3 is 0 Å². The molecule has 1 atom stereocenters. The van der Waals surface area contributed by atoms with Crippen molar-refractivity contribution in [3.63, 3.8) is 0 Å². The summed E-state index contributed by atoms with van der Waals surface area (Å²) in [6.45, 7) is 8.86. The van der Waals surface area contributed by atoms with Crippen molar-refractivity contribution in [1.82, 2.24) is 15.1 Å². The standard InChI is InChI=1S/C23H28BN5O4.C2H6/c1-27(20-4-5-21(31)26-22(20)32)23(33)19-10-18(3-2-17(19)14-30)29-12-16(13-29)11-28-8-6-24(15-25)7-9-28;1-2/h2-3,10,14,16,20H,4-9,11-13H2,1H3,(H,26,31,32);1-2H3. The molecule has 9 nitrogen and oxygen atoms in total. The first kappa shape index (κ1) is 26.4. The molecule has 186 valence electrons. The third-order valence-corrected chi connectivity index (χ3v) is 7.00. The van der Waals surface area contributed by atoms with Gasteiger partial charge in [-0.2, -0.15) is 0 Å². The highest BCUT2D eigenvalue weighted by molar-refractivity contribution is 6.67. The first-order valence-corrected chi connectivity index (χ1v) is 12.5. The van der Waals surface area contributed by atoms with E-state index < -0.39 is 17.9 Å². The number of carbonyl (C=O) groups excluding carboxylic acids is 4. The molecule has 0 bridgehead atoms. The van der Waals surface area contributed by atoms with E-state index in [1.807, 2.05) is 19.9 Å². The van der Waals surface area contributed by atoms with Gasteiger partial charge in [-0.05, 0) is 50.3 Å². The van der Waals surface area contributed by atoms with Gasteiger partial charge in [0.1, 0.15) is 6.04 Å². The van der Waals surface area contributed by atoms with Crippen LogP contribution in [0.15, 0.2) is 18.2 Å². The minimum atomic E-state index is -0.739. The summed E-state index contributed by atoms with van der Waals surface area (Å²) in [5, 5.41) is 11.3. The van der Waals surface area contributed by atoms with Crippen molar-refractivity contribution < 1.29 is 19.2 Å². The number of nitrogens with zero attached hydrogens (tertiary/aromatic N) is 4. The summed E-state index contributed by atoms with van der Waals surface area (Å²) >= 11 is 0. The van der Waals surface area contributed by atoms with Crippen molar-refractivity contribution in [1.29, 1.82) is 5.26 Å². The molecule has 0 aliphatic carbocycles. The van der Waals surface area contributed by atoms with Gasteiger partial charge in [0.2, 0.25) is 11.8 Å². The van der Waals surface area contributed by atoms with Crippen molar-refractivity contribution in [2.24, 2.45) is 5.92 Å². The lowest BCUT2D eigenvalue weighted by Gasteiger charge is -2.44. The zero-order valence-corrected chi connectivity index (χ0v) is 20.8. The Hall–Kier alpha value is -3.19. The van der Waals surface area contributed by atoms with Crippen molar-refractivity contribution >= 4 is 36.4 Å². The number of hydrogen-bond acceptors (Lipinski definition) is 7. The largest absolute Gasteiger partial charge is 0.371 e. The number of imide groups is 1. The number of likely N-dealkylation sites (N-methyl/N-ethyl adjacent to an activating group) is 1. The fourth-order valence-corrected chi connectivity index (χ4v) is 4.92. The minimum Gasteiger partial charge on any atom is -0.371 e. The number of amides is 3. The first-order chi connectivity index (χ1) is 16.9. The van der Waals surface area contributed by atoms with Crippen LogP contribution < -0.4 is 10.2 Å². The van der Waals surface area contributed by atoms with Crippen molar-refractivity contribution in [2.75, 3.05) is 44.7 Å². The smallest absolute Gasteiger partial charge is 0.270 e. The number of aldehydes is 1. The van der Waals surface area contributed by atoms with Crippen LogP contribution in [0.4, 0.5) is 5.69 Å². The van der Waals surface area contributed by atoms with E-state index in [4.69, 9.17) is 5.26 Å². The minimum absolute atomic E-state index is 0.179. The molecule has 1 unspecified atom stereocenters. The third kappa shape index (κ3) is 6.09. The van der Waals surface area contributed by atoms with Gasteiger partial charge in [0.05, 0.1) is 5.56 Å². The first-order valence-electron chi connectivity index (χ1n) is 12.5. The Morgan fingerprint density at radius 3 is 2.54 bits per heavy atom. The van der Waals surface area contributed by atoms with Crippen molar-refractivity contribution in [3.8, 4) is 5.97 Å². The molecule has 1 N–H and O–H groups in total. The number of nitrogens with one attached hydrogen (secondary N) is 1. The summed E-state index contributed by atoms with van der Waals surface area (Å²) in [5.41, 5.74) is 1.41. The molecule has 1 aromatic carbocycles. The van der Waals surface area contributed by atoms with Crippen LogP contribution in [0, 0.1) is 17.1 Å². The second-order valence-corrected chi connectivity index (χ2v) is 9.25. The molecule has 3 aliphatic heterocycles. The van der Waals surface area contributed by atoms with E-state index in [1.54, 1.807) is 12.1 Å². The molecule has 1 aromatic rings. The van der Waals surface area contributed by atoms with Crippen LogP contribution in [0.25, 0.3) is 0 Å². The molecule has 0 saturated carbocycles. The predicted molar refractivity (Wildman–Crippen MR) is 135 cm³/mol. The third-order valence-electron chi connectivity index (χ3n) is 7.00. The predicted octanol–water partition coefficient (Wildman–Crippen LogP) is 1.71. The second-order valence-electron chi connectivity index (χ2n) is 9.25. The molecule has 3 saturated heterocycles. The van der Waals surface area contributed by atoms with Crippen LogP contribution in [-0.4, -0.2) is 86.3 Å². The molecule has 3 aliphatic rings. The summed E-state index contributed by atoms with van der Waals surface area (Å²) < 4.78 is 0. The summed E-state index contributed by atoms with van der Waals surface area (Å²) in [4.78, 5) is 54.3. The number of rotatable bonds is 6. The Kier molecular flexibility index (Phi) is 9.04. The highest BCUT2D eigenvalue weighted by Crippen LogP contribution is 2.29. The van der Waals surface area contributed by atoms with Gasteiger partial charge in [0, 0.05) is 56.2 Å². The van der Waals surface area contributed by atoms with Gasteiger partial charge in [-0.15, -0.1) is 0 Å². The lowest BCUT2D eigenvalue weighted by molar-refractivity contribution is -0.136. The van der Waals surface area contributed by atoms with Crippen LogP contribution in [-0.2, 0) is 9.59 Å². The Bertz CT molecular complexity index is 996. The average molecular weight is 479 g/mol. The molecule has 3 fully saturated rings. The highest BCUT2D eigenvalue weighted by atomic mass is 16.2. The van der Waals surface area contributed by atoms with E-state index >= 15 is 0 Å². The Morgan fingerprint density at radius 1 is 1.26 bits per heavy atom. The van der Waals surface area contributed by atoms with Gasteiger partial charge in [-0.25, -0.2) is 5.26 Å². The molecule has 0 radical (unpaired) electrons. The van der Waals surface area contributed by atoms with E-state index in [-0.39, 0.29) is 36.6 Å². The van der Waals surface area contributed by atoms with Crippen LogP contribution in [0.5, 0.6) is 0 Å². The summed E-state index contributed by atoms with van der Waals surface area (Å²) in [5.74, 6) is 1.65. The molecular formula is C25H34BN5O4. The number of piperidine rings is 1. The highest BCUT2D eigenvalue weighted by Gasteiger charge is 2.34. The van der Waals surface area contributed by atoms with E-state index in [9.17, 15) is 19.2 Å². The average Bonchev–Trinajstić information content (AvgIpc) is 2.86. The number of carbonyl (C=O) groups is 4. The zero-order valence-electron chi connectivity index (χ0n) is 20.8. The number of benzene rings is 1. The van der Waals surface area contributed by atoms with Crippen LogP contribution in [0.2, 0.25) is 12.6 Å². The maximum atomic E-state index is 13.2. The number of hydrogen-bond donors (Lipinski definition) is 1. The fourth-order valence-electron chi connectivity index (χ4n) is 4.92. The topological polar surface area (TPSA) is 114 Å². The normalized spacial score (nSPS) is 20.7. The molecule has 10 heteroatoms. The maximum absolute atomic E-state index is 13.2. The SMILES string of the molecule is CC.CN(C(=O)c1cc(N2CC(CN3CCB(C#N)CC3)C2)ccc1C=O)C1CCC(=O)NC1=O. The van der Waals surface area contributed by atoms with Crippen molar-refractivity contribution in [3.05, 3.63) is 29.3 Å². The van der Waals surface area contributed by atoms with E-state index in [1.165, 1.54) is 11.9 Å². The lowest BCUT2D eigenvalue weighted by Crippen LogP contribution is -2.53. The van der Waals surface area contributed by atoms with Crippen LogP contribution in [0.1, 0.15) is 47.4 Å². The summed E-state index contributed by atoms with van der Waals surface area (Å²) in [7, 11) is 1.53. The molecular weight excluding hydrogens is 445 g/mol. The summed E-state index contributed by atoms with van der Waals surface area (Å²) in [6, 6.07) is 4.48.